The minimum atomic E-state index is 0.718. The Morgan fingerprint density at radius 3 is 2.40 bits per heavy atom. The molecule has 2 aromatic carbocycles. The normalized spacial score (nSPS) is 15.2. The second-order valence-corrected chi connectivity index (χ2v) is 6.65. The van der Waals surface area contributed by atoms with E-state index in [1.807, 2.05) is 48.5 Å². The summed E-state index contributed by atoms with van der Waals surface area (Å²) >= 11 is 0. The maximum absolute atomic E-state index is 9.94. The molecule has 1 saturated heterocycles. The summed E-state index contributed by atoms with van der Waals surface area (Å²) in [5, 5.41) is 11.0. The van der Waals surface area contributed by atoms with Gasteiger partial charge >= 0.3 is 0 Å². The summed E-state index contributed by atoms with van der Waals surface area (Å²) in [5.74, 6) is 0. The zero-order chi connectivity index (χ0) is 17.1. The third-order valence-electron chi connectivity index (χ3n) is 4.99. The van der Waals surface area contributed by atoms with Crippen LogP contribution < -0.4 is 0 Å². The van der Waals surface area contributed by atoms with E-state index in [0.717, 1.165) is 52.9 Å². The van der Waals surface area contributed by atoms with Gasteiger partial charge < -0.3 is 0 Å². The molecule has 3 heteroatoms. The van der Waals surface area contributed by atoms with Crippen molar-refractivity contribution in [2.75, 3.05) is 13.1 Å². The number of likely N-dealkylation sites (tertiary alicyclic amines) is 1. The van der Waals surface area contributed by atoms with Gasteiger partial charge in [-0.25, -0.2) is 4.98 Å². The molecule has 0 atom stereocenters. The van der Waals surface area contributed by atoms with Crippen LogP contribution in [0.3, 0.4) is 0 Å². The Balaban J connectivity index is 1.90. The number of fused-ring (bicyclic) bond motifs is 1. The SMILES string of the molecule is N#Cc1c(-c2ccccc2)nc2ccccc2c1CN1CCCCC1. The molecule has 0 radical (unpaired) electrons. The van der Waals surface area contributed by atoms with E-state index in [4.69, 9.17) is 4.98 Å². The van der Waals surface area contributed by atoms with Crippen LogP contribution in [0, 0.1) is 11.3 Å². The topological polar surface area (TPSA) is 39.9 Å². The summed E-state index contributed by atoms with van der Waals surface area (Å²) in [5.41, 5.74) is 4.61. The number of piperidine rings is 1. The van der Waals surface area contributed by atoms with Crippen molar-refractivity contribution < 1.29 is 0 Å². The summed E-state index contributed by atoms with van der Waals surface area (Å²) in [6.45, 7) is 3.05. The molecule has 0 N–H and O–H groups in total. The zero-order valence-corrected chi connectivity index (χ0v) is 14.3. The lowest BCUT2D eigenvalue weighted by Crippen LogP contribution is -2.29. The van der Waals surface area contributed by atoms with Crippen LogP contribution in [-0.4, -0.2) is 23.0 Å². The molecule has 124 valence electrons. The van der Waals surface area contributed by atoms with Gasteiger partial charge in [-0.1, -0.05) is 55.0 Å². The van der Waals surface area contributed by atoms with Crippen molar-refractivity contribution in [1.29, 1.82) is 5.26 Å². The van der Waals surface area contributed by atoms with E-state index in [2.05, 4.69) is 17.0 Å². The molecule has 1 aliphatic heterocycles. The average Bonchev–Trinajstić information content (AvgIpc) is 2.69. The summed E-state index contributed by atoms with van der Waals surface area (Å²) < 4.78 is 0. The van der Waals surface area contributed by atoms with Gasteiger partial charge in [-0.05, 0) is 37.6 Å². The molecular weight excluding hydrogens is 306 g/mol. The minimum Gasteiger partial charge on any atom is -0.299 e. The smallest absolute Gasteiger partial charge is 0.102 e. The van der Waals surface area contributed by atoms with Crippen molar-refractivity contribution >= 4 is 10.9 Å². The fraction of sp³-hybridized carbons (Fsp3) is 0.273. The van der Waals surface area contributed by atoms with Crippen LogP contribution in [0.5, 0.6) is 0 Å². The number of nitriles is 1. The third-order valence-corrected chi connectivity index (χ3v) is 4.99. The Labute approximate surface area is 148 Å². The molecule has 0 saturated carbocycles. The van der Waals surface area contributed by atoms with E-state index in [0.29, 0.717) is 0 Å². The number of hydrogen-bond donors (Lipinski definition) is 0. The highest BCUT2D eigenvalue weighted by atomic mass is 15.1. The molecule has 4 rings (SSSR count). The van der Waals surface area contributed by atoms with Crippen LogP contribution in [0.4, 0.5) is 0 Å². The van der Waals surface area contributed by atoms with Crippen molar-refractivity contribution in [2.24, 2.45) is 0 Å². The highest BCUT2D eigenvalue weighted by Crippen LogP contribution is 2.31. The first kappa shape index (κ1) is 15.8. The maximum Gasteiger partial charge on any atom is 0.102 e. The molecule has 3 aromatic rings. The van der Waals surface area contributed by atoms with Crippen LogP contribution in [0.25, 0.3) is 22.2 Å². The monoisotopic (exact) mass is 327 g/mol. The van der Waals surface area contributed by atoms with Gasteiger partial charge in [0.2, 0.25) is 0 Å². The molecule has 2 heterocycles. The highest BCUT2D eigenvalue weighted by molar-refractivity contribution is 5.88. The second-order valence-electron chi connectivity index (χ2n) is 6.65. The quantitative estimate of drug-likeness (QED) is 0.696. The third kappa shape index (κ3) is 3.14. The number of para-hydroxylation sites is 1. The molecule has 0 aliphatic carbocycles. The number of rotatable bonds is 3. The van der Waals surface area contributed by atoms with E-state index in [1.54, 1.807) is 0 Å². The van der Waals surface area contributed by atoms with Crippen LogP contribution in [0.2, 0.25) is 0 Å². The number of hydrogen-bond acceptors (Lipinski definition) is 3. The predicted molar refractivity (Wildman–Crippen MR) is 101 cm³/mol. The van der Waals surface area contributed by atoms with Crippen molar-refractivity contribution in [3.8, 4) is 17.3 Å². The molecular formula is C22H21N3. The Bertz CT molecular complexity index is 919. The Morgan fingerprint density at radius 2 is 1.64 bits per heavy atom. The first-order valence-corrected chi connectivity index (χ1v) is 8.96. The lowest BCUT2D eigenvalue weighted by molar-refractivity contribution is 0.221. The van der Waals surface area contributed by atoms with E-state index in [-0.39, 0.29) is 0 Å². The van der Waals surface area contributed by atoms with Gasteiger partial charge in [0.25, 0.3) is 0 Å². The summed E-state index contributed by atoms with van der Waals surface area (Å²) in [7, 11) is 0. The van der Waals surface area contributed by atoms with Crippen LogP contribution in [-0.2, 0) is 6.54 Å². The van der Waals surface area contributed by atoms with Crippen molar-refractivity contribution in [3.63, 3.8) is 0 Å². The molecule has 0 spiro atoms. The molecule has 25 heavy (non-hydrogen) atoms. The van der Waals surface area contributed by atoms with Gasteiger partial charge in [0.15, 0.2) is 0 Å². The second kappa shape index (κ2) is 7.04. The van der Waals surface area contributed by atoms with Crippen molar-refractivity contribution in [2.45, 2.75) is 25.8 Å². The molecule has 0 bridgehead atoms. The molecule has 1 aliphatic rings. The maximum atomic E-state index is 9.94. The number of benzene rings is 2. The lowest BCUT2D eigenvalue weighted by Gasteiger charge is -2.27. The molecule has 0 unspecified atom stereocenters. The standard InChI is InChI=1S/C22H21N3/c23-15-19-20(16-25-13-7-2-8-14-25)18-11-5-6-12-21(18)24-22(19)17-9-3-1-4-10-17/h1,3-6,9-12H,2,7-8,13-14,16H2. The van der Waals surface area contributed by atoms with Gasteiger partial charge in [0.1, 0.15) is 6.07 Å². The summed E-state index contributed by atoms with van der Waals surface area (Å²) in [6, 6.07) is 20.7. The largest absolute Gasteiger partial charge is 0.299 e. The lowest BCUT2D eigenvalue weighted by atomic mass is 9.96. The number of aromatic nitrogens is 1. The fourth-order valence-corrected chi connectivity index (χ4v) is 3.71. The molecule has 3 nitrogen and oxygen atoms in total. The Kier molecular flexibility index (Phi) is 4.45. The van der Waals surface area contributed by atoms with Gasteiger partial charge in [0.05, 0.1) is 16.8 Å². The van der Waals surface area contributed by atoms with E-state index < -0.39 is 0 Å². The van der Waals surface area contributed by atoms with E-state index in [1.165, 1.54) is 19.3 Å². The van der Waals surface area contributed by atoms with Crippen LogP contribution in [0.1, 0.15) is 30.4 Å². The minimum absolute atomic E-state index is 0.718. The van der Waals surface area contributed by atoms with Crippen LogP contribution in [0.15, 0.2) is 54.6 Å². The molecule has 1 aromatic heterocycles. The summed E-state index contributed by atoms with van der Waals surface area (Å²) in [4.78, 5) is 7.30. The van der Waals surface area contributed by atoms with Gasteiger partial charge in [-0.15, -0.1) is 0 Å². The van der Waals surface area contributed by atoms with Crippen LogP contribution >= 0.6 is 0 Å². The van der Waals surface area contributed by atoms with Gasteiger partial charge in [-0.2, -0.15) is 5.26 Å². The first-order chi connectivity index (χ1) is 12.4. The van der Waals surface area contributed by atoms with E-state index >= 15 is 0 Å². The number of pyridine rings is 1. The average molecular weight is 327 g/mol. The number of nitrogens with zero attached hydrogens (tertiary/aromatic N) is 3. The molecule has 0 amide bonds. The van der Waals surface area contributed by atoms with Crippen molar-refractivity contribution in [1.82, 2.24) is 9.88 Å². The summed E-state index contributed by atoms with van der Waals surface area (Å²) in [6.07, 6.45) is 3.81. The zero-order valence-electron chi connectivity index (χ0n) is 14.3. The first-order valence-electron chi connectivity index (χ1n) is 8.96. The Hall–Kier alpha value is -2.70. The van der Waals surface area contributed by atoms with Gasteiger partial charge in [-0.3, -0.25) is 4.90 Å². The highest BCUT2D eigenvalue weighted by Gasteiger charge is 2.19. The predicted octanol–water partition coefficient (Wildman–Crippen LogP) is 4.76. The fourth-order valence-electron chi connectivity index (χ4n) is 3.71. The van der Waals surface area contributed by atoms with Crippen molar-refractivity contribution in [3.05, 3.63) is 65.7 Å². The van der Waals surface area contributed by atoms with Gasteiger partial charge in [0, 0.05) is 17.5 Å². The Morgan fingerprint density at radius 1 is 0.920 bits per heavy atom. The molecule has 1 fully saturated rings. The van der Waals surface area contributed by atoms with E-state index in [9.17, 15) is 5.26 Å².